The van der Waals surface area contributed by atoms with Crippen molar-refractivity contribution < 1.29 is 19.4 Å². The van der Waals surface area contributed by atoms with Crippen LogP contribution in [0.3, 0.4) is 0 Å². The molecule has 1 fully saturated rings. The average Bonchev–Trinajstić information content (AvgIpc) is 2.46. The number of likely N-dealkylation sites (tertiary alicyclic amines) is 1. The van der Waals surface area contributed by atoms with Crippen molar-refractivity contribution in [2.45, 2.75) is 13.3 Å². The van der Waals surface area contributed by atoms with Crippen LogP contribution in [0.4, 0.5) is 10.6 Å². The predicted octanol–water partition coefficient (Wildman–Crippen LogP) is 1.06. The van der Waals surface area contributed by atoms with Gasteiger partial charge in [0.05, 0.1) is 13.0 Å². The highest BCUT2D eigenvalue weighted by Crippen LogP contribution is 2.22. The third-order valence-corrected chi connectivity index (χ3v) is 3.38. The molecule has 0 spiro atoms. The number of aliphatic carboxylic acids is 1. The lowest BCUT2D eigenvalue weighted by molar-refractivity contribution is -0.143. The van der Waals surface area contributed by atoms with Crippen molar-refractivity contribution in [3.8, 4) is 5.88 Å². The Bertz CT molecular complexity index is 537. The molecule has 2 amide bonds. The maximum absolute atomic E-state index is 12.2. The second kappa shape index (κ2) is 6.38. The normalized spacial score (nSPS) is 21.7. The molecule has 0 aliphatic carbocycles. The molecule has 2 N–H and O–H groups in total. The van der Waals surface area contributed by atoms with E-state index in [0.717, 1.165) is 0 Å². The highest BCUT2D eigenvalue weighted by Gasteiger charge is 2.32. The van der Waals surface area contributed by atoms with Crippen LogP contribution in [0.25, 0.3) is 0 Å². The first-order valence-corrected chi connectivity index (χ1v) is 6.64. The van der Waals surface area contributed by atoms with Crippen molar-refractivity contribution in [3.63, 3.8) is 0 Å². The second-order valence-electron chi connectivity index (χ2n) is 5.16. The number of aromatic nitrogens is 2. The number of urea groups is 1. The summed E-state index contributed by atoms with van der Waals surface area (Å²) in [5, 5.41) is 11.7. The number of hydrogen-bond acceptors (Lipinski definition) is 5. The molecule has 1 aliphatic rings. The molecule has 2 atom stereocenters. The number of carboxylic acid groups (broad SMARTS) is 1. The Morgan fingerprint density at radius 1 is 1.43 bits per heavy atom. The van der Waals surface area contributed by atoms with Gasteiger partial charge in [-0.05, 0) is 12.3 Å². The molecule has 8 heteroatoms. The summed E-state index contributed by atoms with van der Waals surface area (Å²) in [6.07, 6.45) is 1.87. The lowest BCUT2D eigenvalue weighted by atomic mass is 9.91. The van der Waals surface area contributed by atoms with E-state index in [2.05, 4.69) is 15.3 Å². The van der Waals surface area contributed by atoms with E-state index in [1.165, 1.54) is 24.4 Å². The summed E-state index contributed by atoms with van der Waals surface area (Å²) in [6.45, 7) is 2.66. The van der Waals surface area contributed by atoms with E-state index in [1.54, 1.807) is 0 Å². The van der Waals surface area contributed by atoms with Crippen LogP contribution in [0, 0.1) is 11.8 Å². The van der Waals surface area contributed by atoms with Crippen LogP contribution in [-0.4, -0.2) is 52.2 Å². The van der Waals surface area contributed by atoms with E-state index in [0.29, 0.717) is 24.7 Å². The number of hydrogen-bond donors (Lipinski definition) is 2. The van der Waals surface area contributed by atoms with Crippen LogP contribution >= 0.6 is 0 Å². The van der Waals surface area contributed by atoms with E-state index < -0.39 is 11.9 Å². The van der Waals surface area contributed by atoms with Gasteiger partial charge in [-0.25, -0.2) is 14.8 Å². The molecule has 2 unspecified atom stereocenters. The van der Waals surface area contributed by atoms with Gasteiger partial charge in [0.25, 0.3) is 0 Å². The summed E-state index contributed by atoms with van der Waals surface area (Å²) in [6, 6.07) is 1.13. The number of anilines is 1. The van der Waals surface area contributed by atoms with E-state index >= 15 is 0 Å². The van der Waals surface area contributed by atoms with Crippen LogP contribution in [0.5, 0.6) is 5.88 Å². The van der Waals surface area contributed by atoms with Crippen molar-refractivity contribution in [3.05, 3.63) is 12.4 Å². The zero-order valence-electron chi connectivity index (χ0n) is 11.9. The number of nitrogens with one attached hydrogen (secondary N) is 1. The Hall–Kier alpha value is -2.38. The Morgan fingerprint density at radius 3 is 2.86 bits per heavy atom. The summed E-state index contributed by atoms with van der Waals surface area (Å²) in [5.74, 6) is -0.597. The Balaban J connectivity index is 2.03. The molecule has 1 saturated heterocycles. The average molecular weight is 294 g/mol. The summed E-state index contributed by atoms with van der Waals surface area (Å²) in [5.41, 5.74) is 0. The van der Waals surface area contributed by atoms with E-state index in [4.69, 9.17) is 9.84 Å². The van der Waals surface area contributed by atoms with Crippen molar-refractivity contribution in [2.75, 3.05) is 25.5 Å². The molecule has 1 aromatic rings. The molecule has 114 valence electrons. The number of rotatable bonds is 3. The van der Waals surface area contributed by atoms with Crippen molar-refractivity contribution in [1.29, 1.82) is 0 Å². The zero-order chi connectivity index (χ0) is 15.4. The molecule has 2 heterocycles. The lowest BCUT2D eigenvalue weighted by Gasteiger charge is -2.34. The van der Waals surface area contributed by atoms with Crippen LogP contribution in [0.2, 0.25) is 0 Å². The first kappa shape index (κ1) is 15.0. The van der Waals surface area contributed by atoms with Crippen LogP contribution in [-0.2, 0) is 4.79 Å². The molecule has 0 radical (unpaired) electrons. The molecular weight excluding hydrogens is 276 g/mol. The summed E-state index contributed by atoms with van der Waals surface area (Å²) in [7, 11) is 1.47. The first-order valence-electron chi connectivity index (χ1n) is 6.64. The number of carbonyl (C=O) groups excluding carboxylic acids is 1. The summed E-state index contributed by atoms with van der Waals surface area (Å²) < 4.78 is 4.95. The molecule has 1 aromatic heterocycles. The van der Waals surface area contributed by atoms with E-state index in [-0.39, 0.29) is 18.5 Å². The largest absolute Gasteiger partial charge is 0.481 e. The van der Waals surface area contributed by atoms with E-state index in [9.17, 15) is 9.59 Å². The van der Waals surface area contributed by atoms with Gasteiger partial charge in [0, 0.05) is 19.2 Å². The third-order valence-electron chi connectivity index (χ3n) is 3.38. The van der Waals surface area contributed by atoms with Crippen LogP contribution in [0.15, 0.2) is 12.4 Å². The highest BCUT2D eigenvalue weighted by molar-refractivity contribution is 5.88. The number of carboxylic acids is 1. The van der Waals surface area contributed by atoms with Crippen LogP contribution < -0.4 is 10.1 Å². The fraction of sp³-hybridized carbons (Fsp3) is 0.538. The van der Waals surface area contributed by atoms with Crippen molar-refractivity contribution in [1.82, 2.24) is 14.9 Å². The van der Waals surface area contributed by atoms with Crippen molar-refractivity contribution in [2.24, 2.45) is 11.8 Å². The number of carbonyl (C=O) groups is 2. The molecule has 21 heavy (non-hydrogen) atoms. The SMILES string of the molecule is COc1cc(NC(=O)N2CC(C)CC(C(=O)O)C2)ncn1. The van der Waals surface area contributed by atoms with Gasteiger partial charge >= 0.3 is 12.0 Å². The summed E-state index contributed by atoms with van der Waals surface area (Å²) in [4.78, 5) is 32.6. The number of ether oxygens (including phenoxy) is 1. The fourth-order valence-corrected chi connectivity index (χ4v) is 2.40. The maximum Gasteiger partial charge on any atom is 0.323 e. The Labute approximate surface area is 122 Å². The molecule has 0 saturated carbocycles. The third kappa shape index (κ3) is 3.80. The van der Waals surface area contributed by atoms with Gasteiger partial charge in [-0.2, -0.15) is 0 Å². The van der Waals surface area contributed by atoms with E-state index in [1.807, 2.05) is 6.92 Å². The highest BCUT2D eigenvalue weighted by atomic mass is 16.5. The lowest BCUT2D eigenvalue weighted by Crippen LogP contribution is -2.47. The number of methoxy groups -OCH3 is 1. The second-order valence-corrected chi connectivity index (χ2v) is 5.16. The van der Waals surface area contributed by atoms with Gasteiger partial charge in [0.1, 0.15) is 12.1 Å². The molecule has 0 bridgehead atoms. The Morgan fingerprint density at radius 2 is 2.19 bits per heavy atom. The predicted molar refractivity (Wildman–Crippen MR) is 74.1 cm³/mol. The van der Waals surface area contributed by atoms with Gasteiger partial charge < -0.3 is 14.7 Å². The monoisotopic (exact) mass is 294 g/mol. The smallest absolute Gasteiger partial charge is 0.323 e. The Kier molecular flexibility index (Phi) is 4.56. The van der Waals surface area contributed by atoms with Gasteiger partial charge in [-0.3, -0.25) is 10.1 Å². The minimum Gasteiger partial charge on any atom is -0.481 e. The van der Waals surface area contributed by atoms with Gasteiger partial charge in [-0.15, -0.1) is 0 Å². The topological polar surface area (TPSA) is 105 Å². The quantitative estimate of drug-likeness (QED) is 0.863. The van der Waals surface area contributed by atoms with Crippen LogP contribution in [0.1, 0.15) is 13.3 Å². The number of amides is 2. The minimum absolute atomic E-state index is 0.144. The maximum atomic E-state index is 12.2. The fourth-order valence-electron chi connectivity index (χ4n) is 2.40. The zero-order valence-corrected chi connectivity index (χ0v) is 11.9. The standard InChI is InChI=1S/C13H18N4O4/c1-8-3-9(12(18)19)6-17(5-8)13(20)16-10-4-11(21-2)15-7-14-10/h4,7-9H,3,5-6H2,1-2H3,(H,18,19)(H,14,15,16,20). The molecule has 8 nitrogen and oxygen atoms in total. The molecular formula is C13H18N4O4. The first-order chi connectivity index (χ1) is 9.99. The summed E-state index contributed by atoms with van der Waals surface area (Å²) >= 11 is 0. The molecule has 2 rings (SSSR count). The number of nitrogens with zero attached hydrogens (tertiary/aromatic N) is 3. The van der Waals surface area contributed by atoms with Gasteiger partial charge in [0.15, 0.2) is 0 Å². The van der Waals surface area contributed by atoms with Gasteiger partial charge in [-0.1, -0.05) is 6.92 Å². The van der Waals surface area contributed by atoms with Crippen molar-refractivity contribution >= 4 is 17.8 Å². The molecule has 1 aliphatic heterocycles. The van der Waals surface area contributed by atoms with Gasteiger partial charge in [0.2, 0.25) is 5.88 Å². The molecule has 0 aromatic carbocycles. The minimum atomic E-state index is -0.872. The number of piperidine rings is 1.